The summed E-state index contributed by atoms with van der Waals surface area (Å²) in [6, 6.07) is 0. The van der Waals surface area contributed by atoms with Gasteiger partial charge in [-0.3, -0.25) is 4.79 Å². The Morgan fingerprint density at radius 2 is 1.52 bits per heavy atom. The van der Waals surface area contributed by atoms with Gasteiger partial charge < -0.3 is 10.5 Å². The molecule has 2 N–H and O–H groups in total. The van der Waals surface area contributed by atoms with Crippen molar-refractivity contribution in [3.05, 3.63) is 0 Å². The Balaban J connectivity index is 3.96. The minimum absolute atomic E-state index is 0.329. The lowest BCUT2D eigenvalue weighted by Crippen LogP contribution is -2.51. The summed E-state index contributed by atoms with van der Waals surface area (Å²) >= 11 is 4.23. The molecule has 0 spiro atoms. The van der Waals surface area contributed by atoms with Crippen LogP contribution in [0.2, 0.25) is 0 Å². The summed E-state index contributed by atoms with van der Waals surface area (Å²) in [5.74, 6) is 2.05. The predicted octanol–water partition coefficient (Wildman–Crippen LogP) is 4.84. The van der Waals surface area contributed by atoms with E-state index in [4.69, 9.17) is 10.5 Å². The molecule has 4 atom stereocenters. The van der Waals surface area contributed by atoms with Gasteiger partial charge in [-0.15, -0.1) is 0 Å². The van der Waals surface area contributed by atoms with Crippen LogP contribution in [0.4, 0.5) is 0 Å². The molecule has 3 nitrogen and oxygen atoms in total. The van der Waals surface area contributed by atoms with Crippen molar-refractivity contribution in [3.63, 3.8) is 0 Å². The van der Waals surface area contributed by atoms with Crippen molar-refractivity contribution in [2.24, 2.45) is 23.5 Å². The molecule has 0 bridgehead atoms. The van der Waals surface area contributed by atoms with Crippen LogP contribution >= 0.6 is 12.6 Å². The van der Waals surface area contributed by atoms with Gasteiger partial charge in [-0.2, -0.15) is 12.6 Å². The van der Waals surface area contributed by atoms with Gasteiger partial charge in [-0.1, -0.05) is 72.6 Å². The molecular formula is C19H39NO2S. The smallest absolute Gasteiger partial charge is 0.326 e. The van der Waals surface area contributed by atoms with E-state index in [1.165, 1.54) is 45.6 Å². The maximum atomic E-state index is 11.8. The van der Waals surface area contributed by atoms with Crippen LogP contribution < -0.4 is 5.73 Å². The van der Waals surface area contributed by atoms with Crippen LogP contribution in [0.25, 0.3) is 0 Å². The van der Waals surface area contributed by atoms with Crippen LogP contribution in [-0.2, 0) is 9.53 Å². The van der Waals surface area contributed by atoms with E-state index in [1.54, 1.807) is 0 Å². The Kier molecular flexibility index (Phi) is 12.1. The topological polar surface area (TPSA) is 52.3 Å². The van der Waals surface area contributed by atoms with Crippen molar-refractivity contribution in [3.8, 4) is 0 Å². The molecule has 0 aliphatic rings. The second kappa shape index (κ2) is 12.2. The van der Waals surface area contributed by atoms with Crippen molar-refractivity contribution in [1.29, 1.82) is 0 Å². The number of hydrogen-bond acceptors (Lipinski definition) is 4. The van der Waals surface area contributed by atoms with E-state index < -0.39 is 5.54 Å². The molecule has 4 unspecified atom stereocenters. The number of esters is 1. The standard InChI is InChI=1S/C19H39NO2S/c1-6-15(2)9-7-10-16(3)11-8-12-17(4)13-19(20,14-23)18(21)22-5/h15-17,23H,6-14,20H2,1-5H3. The number of methoxy groups -OCH3 is 1. The Morgan fingerprint density at radius 3 is 1.96 bits per heavy atom. The molecule has 0 rings (SSSR count). The molecule has 0 aromatic rings. The van der Waals surface area contributed by atoms with Gasteiger partial charge in [0.15, 0.2) is 0 Å². The number of carbonyl (C=O) groups is 1. The average molecular weight is 346 g/mol. The highest BCUT2D eigenvalue weighted by Crippen LogP contribution is 2.24. The zero-order valence-electron chi connectivity index (χ0n) is 15.9. The monoisotopic (exact) mass is 345 g/mol. The third-order valence-electron chi connectivity index (χ3n) is 5.07. The van der Waals surface area contributed by atoms with Gasteiger partial charge in [0.1, 0.15) is 5.54 Å². The SMILES string of the molecule is CCC(C)CCCC(C)CCCC(C)CC(N)(CS)C(=O)OC. The summed E-state index contributed by atoms with van der Waals surface area (Å²) in [4.78, 5) is 11.8. The quantitative estimate of drug-likeness (QED) is 0.371. The third kappa shape index (κ3) is 9.61. The first-order valence-corrected chi connectivity index (χ1v) is 9.90. The molecule has 0 fully saturated rings. The Bertz CT molecular complexity index is 324. The van der Waals surface area contributed by atoms with Crippen LogP contribution in [0, 0.1) is 17.8 Å². The van der Waals surface area contributed by atoms with E-state index in [-0.39, 0.29) is 5.97 Å². The molecule has 138 valence electrons. The second-order valence-electron chi connectivity index (χ2n) is 7.60. The van der Waals surface area contributed by atoms with Gasteiger partial charge in [0.25, 0.3) is 0 Å². The molecule has 0 aliphatic heterocycles. The summed E-state index contributed by atoms with van der Waals surface area (Å²) in [5.41, 5.74) is 5.19. The summed E-state index contributed by atoms with van der Waals surface area (Å²) in [6.45, 7) is 9.14. The molecule has 4 heteroatoms. The lowest BCUT2D eigenvalue weighted by atomic mass is 9.86. The molecule has 0 heterocycles. The van der Waals surface area contributed by atoms with E-state index in [9.17, 15) is 4.79 Å². The first-order valence-electron chi connectivity index (χ1n) is 9.27. The van der Waals surface area contributed by atoms with Crippen molar-refractivity contribution < 1.29 is 9.53 Å². The van der Waals surface area contributed by atoms with Crippen LogP contribution in [-0.4, -0.2) is 24.4 Å². The maximum absolute atomic E-state index is 11.8. The Labute approximate surface area is 149 Å². The highest BCUT2D eigenvalue weighted by Gasteiger charge is 2.35. The van der Waals surface area contributed by atoms with Gasteiger partial charge >= 0.3 is 5.97 Å². The summed E-state index contributed by atoms with van der Waals surface area (Å²) in [7, 11) is 1.39. The highest BCUT2D eigenvalue weighted by molar-refractivity contribution is 7.80. The molecule has 0 saturated carbocycles. The van der Waals surface area contributed by atoms with E-state index >= 15 is 0 Å². The largest absolute Gasteiger partial charge is 0.468 e. The minimum atomic E-state index is -0.945. The number of thiol groups is 1. The zero-order valence-corrected chi connectivity index (χ0v) is 16.8. The van der Waals surface area contributed by atoms with Gasteiger partial charge in [0.2, 0.25) is 0 Å². The first-order chi connectivity index (χ1) is 10.8. The van der Waals surface area contributed by atoms with E-state index in [1.807, 2.05) is 0 Å². The van der Waals surface area contributed by atoms with Crippen LogP contribution in [0.5, 0.6) is 0 Å². The minimum Gasteiger partial charge on any atom is -0.468 e. The lowest BCUT2D eigenvalue weighted by Gasteiger charge is -2.27. The Hall–Kier alpha value is -0.220. The Morgan fingerprint density at radius 1 is 1.04 bits per heavy atom. The molecule has 0 radical (unpaired) electrons. The van der Waals surface area contributed by atoms with Crippen LogP contribution in [0.3, 0.4) is 0 Å². The zero-order chi connectivity index (χ0) is 17.9. The molecule has 0 amide bonds. The molecule has 0 aromatic carbocycles. The number of nitrogens with two attached hydrogens (primary N) is 1. The fourth-order valence-corrected chi connectivity index (χ4v) is 3.38. The lowest BCUT2D eigenvalue weighted by molar-refractivity contribution is -0.146. The van der Waals surface area contributed by atoms with Crippen molar-refractivity contribution in [2.45, 2.75) is 84.6 Å². The number of ether oxygens (including phenoxy) is 1. The van der Waals surface area contributed by atoms with Gasteiger partial charge in [-0.05, 0) is 24.2 Å². The van der Waals surface area contributed by atoms with E-state index in [2.05, 4.69) is 40.3 Å². The molecule has 0 aliphatic carbocycles. The predicted molar refractivity (Wildman–Crippen MR) is 103 cm³/mol. The van der Waals surface area contributed by atoms with E-state index in [0.29, 0.717) is 18.1 Å². The van der Waals surface area contributed by atoms with Crippen LogP contribution in [0.1, 0.15) is 79.1 Å². The van der Waals surface area contributed by atoms with Gasteiger partial charge in [0.05, 0.1) is 7.11 Å². The first kappa shape index (κ1) is 22.8. The van der Waals surface area contributed by atoms with Crippen molar-refractivity contribution in [1.82, 2.24) is 0 Å². The van der Waals surface area contributed by atoms with Crippen LogP contribution in [0.15, 0.2) is 0 Å². The molecule has 0 saturated heterocycles. The van der Waals surface area contributed by atoms with E-state index in [0.717, 1.165) is 18.3 Å². The second-order valence-corrected chi connectivity index (χ2v) is 7.91. The molecule has 23 heavy (non-hydrogen) atoms. The summed E-state index contributed by atoms with van der Waals surface area (Å²) < 4.78 is 4.81. The highest BCUT2D eigenvalue weighted by atomic mass is 32.1. The maximum Gasteiger partial charge on any atom is 0.326 e. The van der Waals surface area contributed by atoms with Crippen molar-refractivity contribution in [2.75, 3.05) is 12.9 Å². The number of hydrogen-bond donors (Lipinski definition) is 2. The van der Waals surface area contributed by atoms with Crippen molar-refractivity contribution >= 4 is 18.6 Å². The number of rotatable bonds is 13. The fourth-order valence-electron chi connectivity index (χ4n) is 3.12. The summed E-state index contributed by atoms with van der Waals surface area (Å²) in [5, 5.41) is 0. The third-order valence-corrected chi connectivity index (χ3v) is 5.64. The fraction of sp³-hybridized carbons (Fsp3) is 0.947. The van der Waals surface area contributed by atoms with Gasteiger partial charge in [-0.25, -0.2) is 0 Å². The molecular weight excluding hydrogens is 306 g/mol. The van der Waals surface area contributed by atoms with Gasteiger partial charge in [0, 0.05) is 5.75 Å². The number of carbonyl (C=O) groups excluding carboxylic acids is 1. The molecule has 0 aromatic heterocycles. The summed E-state index contributed by atoms with van der Waals surface area (Å²) in [6.07, 6.45) is 9.55. The average Bonchev–Trinajstić information content (AvgIpc) is 2.53. The normalized spacial score (nSPS) is 18.0.